The van der Waals surface area contributed by atoms with Gasteiger partial charge in [0.15, 0.2) is 0 Å². The van der Waals surface area contributed by atoms with Gasteiger partial charge in [-0.1, -0.05) is 12.1 Å². The molecule has 1 amide bonds. The molecule has 2 aromatic rings. The molecule has 1 fully saturated rings. The van der Waals surface area contributed by atoms with Gasteiger partial charge < -0.3 is 16.0 Å². The maximum Gasteiger partial charge on any atom is 0.253 e. The molecule has 0 saturated carbocycles. The Labute approximate surface area is 147 Å². The van der Waals surface area contributed by atoms with Gasteiger partial charge in [-0.15, -0.1) is 0 Å². The summed E-state index contributed by atoms with van der Waals surface area (Å²) in [5.41, 5.74) is 7.88. The van der Waals surface area contributed by atoms with Gasteiger partial charge in [0.05, 0.1) is 5.56 Å². The molecule has 1 aliphatic heterocycles. The SMILES string of the molecule is Nc1ccccc1C(=O)NCCN1CCN(c2ccc(F)cc2)CC1. The molecule has 3 rings (SSSR count). The topological polar surface area (TPSA) is 61.6 Å². The van der Waals surface area contributed by atoms with Crippen molar-refractivity contribution in [1.82, 2.24) is 10.2 Å². The van der Waals surface area contributed by atoms with Crippen molar-refractivity contribution in [1.29, 1.82) is 0 Å². The number of nitrogen functional groups attached to an aromatic ring is 1. The van der Waals surface area contributed by atoms with E-state index in [9.17, 15) is 9.18 Å². The van der Waals surface area contributed by atoms with Gasteiger partial charge in [0.1, 0.15) is 5.82 Å². The summed E-state index contributed by atoms with van der Waals surface area (Å²) >= 11 is 0. The Kier molecular flexibility index (Phi) is 5.50. The summed E-state index contributed by atoms with van der Waals surface area (Å²) in [6.07, 6.45) is 0. The number of nitrogens with one attached hydrogen (secondary N) is 1. The fourth-order valence-corrected chi connectivity index (χ4v) is 3.01. The van der Waals surface area contributed by atoms with E-state index in [0.29, 0.717) is 17.8 Å². The third-order valence-corrected chi connectivity index (χ3v) is 4.48. The molecule has 0 aliphatic carbocycles. The smallest absolute Gasteiger partial charge is 0.253 e. The minimum atomic E-state index is -0.211. The molecule has 25 heavy (non-hydrogen) atoms. The predicted molar refractivity (Wildman–Crippen MR) is 98.2 cm³/mol. The van der Waals surface area contributed by atoms with Crippen molar-refractivity contribution in [2.45, 2.75) is 0 Å². The van der Waals surface area contributed by atoms with Crippen molar-refractivity contribution < 1.29 is 9.18 Å². The number of halogens is 1. The molecule has 1 heterocycles. The Balaban J connectivity index is 1.41. The predicted octanol–water partition coefficient (Wildman–Crippen LogP) is 1.96. The van der Waals surface area contributed by atoms with E-state index in [1.54, 1.807) is 18.2 Å². The minimum absolute atomic E-state index is 0.136. The zero-order valence-corrected chi connectivity index (χ0v) is 14.1. The number of para-hydroxylation sites is 1. The van der Waals surface area contributed by atoms with E-state index in [-0.39, 0.29) is 11.7 Å². The molecule has 0 aromatic heterocycles. The van der Waals surface area contributed by atoms with Crippen LogP contribution < -0.4 is 16.0 Å². The van der Waals surface area contributed by atoms with Crippen LogP contribution in [0.4, 0.5) is 15.8 Å². The highest BCUT2D eigenvalue weighted by atomic mass is 19.1. The highest BCUT2D eigenvalue weighted by Crippen LogP contribution is 2.16. The summed E-state index contributed by atoms with van der Waals surface area (Å²) in [5.74, 6) is -0.347. The van der Waals surface area contributed by atoms with E-state index in [2.05, 4.69) is 15.1 Å². The summed E-state index contributed by atoms with van der Waals surface area (Å²) in [4.78, 5) is 16.7. The van der Waals surface area contributed by atoms with Gasteiger partial charge in [-0.3, -0.25) is 9.69 Å². The number of anilines is 2. The number of rotatable bonds is 5. The number of amides is 1. The molecule has 0 bridgehead atoms. The Bertz CT molecular complexity index is 712. The van der Waals surface area contributed by atoms with Crippen LogP contribution in [0.25, 0.3) is 0 Å². The van der Waals surface area contributed by atoms with E-state index in [1.807, 2.05) is 18.2 Å². The number of piperazine rings is 1. The van der Waals surface area contributed by atoms with Gasteiger partial charge in [0, 0.05) is 50.6 Å². The van der Waals surface area contributed by atoms with Crippen LogP contribution in [0.5, 0.6) is 0 Å². The number of hydrogen-bond acceptors (Lipinski definition) is 4. The lowest BCUT2D eigenvalue weighted by molar-refractivity contribution is 0.0948. The highest BCUT2D eigenvalue weighted by Gasteiger charge is 2.17. The number of nitrogens with zero attached hydrogens (tertiary/aromatic N) is 2. The number of carbonyl (C=O) groups excluding carboxylic acids is 1. The molecule has 0 atom stereocenters. The summed E-state index contributed by atoms with van der Waals surface area (Å²) < 4.78 is 13.0. The Morgan fingerprint density at radius 2 is 1.72 bits per heavy atom. The van der Waals surface area contributed by atoms with Crippen LogP contribution in [0.1, 0.15) is 10.4 Å². The number of hydrogen-bond donors (Lipinski definition) is 2. The van der Waals surface area contributed by atoms with Crippen LogP contribution in [0.3, 0.4) is 0 Å². The Morgan fingerprint density at radius 1 is 1.04 bits per heavy atom. The molecule has 2 aromatic carbocycles. The van der Waals surface area contributed by atoms with Crippen molar-refractivity contribution >= 4 is 17.3 Å². The van der Waals surface area contributed by atoms with E-state index in [1.165, 1.54) is 12.1 Å². The van der Waals surface area contributed by atoms with Crippen LogP contribution in [0.15, 0.2) is 48.5 Å². The highest BCUT2D eigenvalue weighted by molar-refractivity contribution is 5.99. The number of nitrogens with two attached hydrogens (primary N) is 1. The Morgan fingerprint density at radius 3 is 2.40 bits per heavy atom. The average molecular weight is 342 g/mol. The molecule has 1 saturated heterocycles. The van der Waals surface area contributed by atoms with Crippen molar-refractivity contribution in [3.63, 3.8) is 0 Å². The van der Waals surface area contributed by atoms with Gasteiger partial charge in [-0.05, 0) is 36.4 Å². The van der Waals surface area contributed by atoms with Crippen LogP contribution >= 0.6 is 0 Å². The maximum atomic E-state index is 13.0. The molecule has 3 N–H and O–H groups in total. The summed E-state index contributed by atoms with van der Waals surface area (Å²) in [6, 6.07) is 13.7. The van der Waals surface area contributed by atoms with Crippen molar-refractivity contribution in [2.24, 2.45) is 0 Å². The first-order valence-corrected chi connectivity index (χ1v) is 8.49. The average Bonchev–Trinajstić information content (AvgIpc) is 2.63. The standard InChI is InChI=1S/C19H23FN4O/c20-15-5-7-16(8-6-15)24-13-11-23(12-14-24)10-9-22-19(25)17-3-1-2-4-18(17)21/h1-8H,9-14,21H2,(H,22,25). The summed E-state index contributed by atoms with van der Waals surface area (Å²) in [5, 5.41) is 2.92. The fourth-order valence-electron chi connectivity index (χ4n) is 3.01. The molecule has 0 unspecified atom stereocenters. The summed E-state index contributed by atoms with van der Waals surface area (Å²) in [7, 11) is 0. The van der Waals surface area contributed by atoms with Crippen molar-refractivity contribution in [3.05, 3.63) is 59.9 Å². The molecular formula is C19H23FN4O. The zero-order chi connectivity index (χ0) is 17.6. The van der Waals surface area contributed by atoms with Gasteiger partial charge in [0.25, 0.3) is 5.91 Å². The van der Waals surface area contributed by atoms with Crippen LogP contribution in [-0.2, 0) is 0 Å². The normalized spacial score (nSPS) is 15.2. The number of benzene rings is 2. The maximum absolute atomic E-state index is 13.0. The largest absolute Gasteiger partial charge is 0.398 e. The first-order valence-electron chi connectivity index (χ1n) is 8.49. The lowest BCUT2D eigenvalue weighted by Gasteiger charge is -2.36. The molecule has 132 valence electrons. The monoisotopic (exact) mass is 342 g/mol. The zero-order valence-electron chi connectivity index (χ0n) is 14.1. The first kappa shape index (κ1) is 17.2. The second-order valence-corrected chi connectivity index (χ2v) is 6.15. The molecule has 6 heteroatoms. The molecule has 0 spiro atoms. The van der Waals surface area contributed by atoms with Gasteiger partial charge >= 0.3 is 0 Å². The van der Waals surface area contributed by atoms with Gasteiger partial charge in [0.2, 0.25) is 0 Å². The van der Waals surface area contributed by atoms with Crippen LogP contribution in [0.2, 0.25) is 0 Å². The van der Waals surface area contributed by atoms with Crippen LogP contribution in [-0.4, -0.2) is 50.1 Å². The van der Waals surface area contributed by atoms with Gasteiger partial charge in [-0.2, -0.15) is 0 Å². The van der Waals surface area contributed by atoms with E-state index in [0.717, 1.165) is 38.4 Å². The van der Waals surface area contributed by atoms with E-state index >= 15 is 0 Å². The molecule has 0 radical (unpaired) electrons. The minimum Gasteiger partial charge on any atom is -0.398 e. The second-order valence-electron chi connectivity index (χ2n) is 6.15. The third-order valence-electron chi connectivity index (χ3n) is 4.48. The van der Waals surface area contributed by atoms with Crippen molar-refractivity contribution in [3.8, 4) is 0 Å². The lowest BCUT2D eigenvalue weighted by Crippen LogP contribution is -2.48. The number of carbonyl (C=O) groups is 1. The van der Waals surface area contributed by atoms with E-state index < -0.39 is 0 Å². The second kappa shape index (κ2) is 7.98. The van der Waals surface area contributed by atoms with Crippen LogP contribution in [0, 0.1) is 5.82 Å². The summed E-state index contributed by atoms with van der Waals surface area (Å²) in [6.45, 7) is 5.01. The lowest BCUT2D eigenvalue weighted by atomic mass is 10.1. The van der Waals surface area contributed by atoms with E-state index in [4.69, 9.17) is 5.73 Å². The molecule has 1 aliphatic rings. The fraction of sp³-hybridized carbons (Fsp3) is 0.316. The van der Waals surface area contributed by atoms with Crippen molar-refractivity contribution in [2.75, 3.05) is 49.9 Å². The third kappa shape index (κ3) is 4.48. The Hall–Kier alpha value is -2.60. The molecule has 5 nitrogen and oxygen atoms in total. The first-order chi connectivity index (χ1) is 12.1. The van der Waals surface area contributed by atoms with Gasteiger partial charge in [-0.25, -0.2) is 4.39 Å². The molecular weight excluding hydrogens is 319 g/mol. The quantitative estimate of drug-likeness (QED) is 0.816.